The molecule has 1 aromatic carbocycles. The average molecular weight is 442 g/mol. The topological polar surface area (TPSA) is 115 Å². The van der Waals surface area contributed by atoms with Crippen LogP contribution >= 0.6 is 0 Å². The molecule has 1 aliphatic rings. The number of hydrogen-bond acceptors (Lipinski definition) is 4. The van der Waals surface area contributed by atoms with E-state index in [0.717, 1.165) is 6.42 Å². The van der Waals surface area contributed by atoms with E-state index in [1.807, 2.05) is 0 Å². The molecule has 0 radical (unpaired) electrons. The van der Waals surface area contributed by atoms with Crippen LogP contribution in [-0.2, 0) is 9.59 Å². The minimum Gasteiger partial charge on any atom is -0.358 e. The molecule has 0 aliphatic carbocycles. The molecule has 0 atom stereocenters. The lowest BCUT2D eigenvalue weighted by atomic mass is 10.0. The van der Waals surface area contributed by atoms with E-state index < -0.39 is 5.82 Å². The van der Waals surface area contributed by atoms with Gasteiger partial charge < -0.3 is 15.6 Å². The highest BCUT2D eigenvalue weighted by Crippen LogP contribution is 2.34. The predicted molar refractivity (Wildman–Crippen MR) is 119 cm³/mol. The standard InChI is InChI=1S/C23H27FN4O4/c1-13-19(12-17-16-11-15(24)8-9-18(16)27-22(17)30)26-14(2)21(13)23(31)25-10-6-4-5-7-20(29)28(3)32/h8-9,11-12,26,32H,4-7,10H2,1-3H3,(H,25,31)(H,27,30)/b17-12-. The Balaban J connectivity index is 1.65. The number of anilines is 1. The monoisotopic (exact) mass is 442 g/mol. The van der Waals surface area contributed by atoms with Crippen LogP contribution in [0.5, 0.6) is 0 Å². The number of rotatable bonds is 8. The normalized spacial score (nSPS) is 13.8. The summed E-state index contributed by atoms with van der Waals surface area (Å²) in [7, 11) is 1.30. The van der Waals surface area contributed by atoms with Crippen LogP contribution in [0, 0.1) is 19.7 Å². The Morgan fingerprint density at radius 1 is 1.22 bits per heavy atom. The zero-order chi connectivity index (χ0) is 23.4. The summed E-state index contributed by atoms with van der Waals surface area (Å²) < 4.78 is 13.7. The molecule has 3 rings (SSSR count). The molecule has 8 nitrogen and oxygen atoms in total. The lowest BCUT2D eigenvalue weighted by Gasteiger charge is -2.08. The van der Waals surface area contributed by atoms with E-state index in [4.69, 9.17) is 5.21 Å². The van der Waals surface area contributed by atoms with Gasteiger partial charge >= 0.3 is 0 Å². The van der Waals surface area contributed by atoms with Crippen molar-refractivity contribution < 1.29 is 24.0 Å². The molecule has 2 aromatic rings. The maximum Gasteiger partial charge on any atom is 0.256 e. The van der Waals surface area contributed by atoms with Gasteiger partial charge in [-0.15, -0.1) is 0 Å². The summed E-state index contributed by atoms with van der Waals surface area (Å²) in [6, 6.07) is 4.12. The number of hydrogen-bond donors (Lipinski definition) is 4. The highest BCUT2D eigenvalue weighted by atomic mass is 19.1. The van der Waals surface area contributed by atoms with Gasteiger partial charge in [0.1, 0.15) is 5.82 Å². The molecule has 1 aromatic heterocycles. The van der Waals surface area contributed by atoms with Crippen molar-refractivity contribution in [3.8, 4) is 0 Å². The van der Waals surface area contributed by atoms with E-state index in [9.17, 15) is 18.8 Å². The minimum absolute atomic E-state index is 0.227. The van der Waals surface area contributed by atoms with Gasteiger partial charge in [0.2, 0.25) is 5.91 Å². The molecule has 0 unspecified atom stereocenters. The van der Waals surface area contributed by atoms with E-state index in [1.54, 1.807) is 19.9 Å². The lowest BCUT2D eigenvalue weighted by Crippen LogP contribution is -2.25. The second-order valence-corrected chi connectivity index (χ2v) is 7.85. The van der Waals surface area contributed by atoms with Gasteiger partial charge in [-0.3, -0.25) is 19.6 Å². The maximum atomic E-state index is 13.7. The Kier molecular flexibility index (Phi) is 7.09. The first kappa shape index (κ1) is 23.2. The van der Waals surface area contributed by atoms with E-state index in [-0.39, 0.29) is 24.1 Å². The Hall–Kier alpha value is -3.46. The van der Waals surface area contributed by atoms with Gasteiger partial charge in [0, 0.05) is 42.7 Å². The number of carbonyl (C=O) groups is 3. The van der Waals surface area contributed by atoms with Crippen LogP contribution in [0.15, 0.2) is 18.2 Å². The van der Waals surface area contributed by atoms with E-state index in [1.165, 1.54) is 25.2 Å². The summed E-state index contributed by atoms with van der Waals surface area (Å²) >= 11 is 0. The molecular formula is C23H27FN4O4. The number of nitrogens with one attached hydrogen (secondary N) is 3. The fourth-order valence-corrected chi connectivity index (χ4v) is 3.74. The van der Waals surface area contributed by atoms with Crippen LogP contribution in [0.1, 0.15) is 58.6 Å². The second-order valence-electron chi connectivity index (χ2n) is 7.85. The number of aromatic nitrogens is 1. The summed E-state index contributed by atoms with van der Waals surface area (Å²) in [6.07, 6.45) is 3.97. The van der Waals surface area contributed by atoms with E-state index >= 15 is 0 Å². The number of halogens is 1. The van der Waals surface area contributed by atoms with Crippen molar-refractivity contribution in [1.82, 2.24) is 15.4 Å². The Bertz CT molecular complexity index is 1090. The zero-order valence-electron chi connectivity index (χ0n) is 18.3. The summed E-state index contributed by atoms with van der Waals surface area (Å²) in [5.74, 6) is -1.32. The van der Waals surface area contributed by atoms with Crippen molar-refractivity contribution >= 4 is 35.1 Å². The molecule has 9 heteroatoms. The third-order valence-corrected chi connectivity index (χ3v) is 5.47. The van der Waals surface area contributed by atoms with Crippen LogP contribution in [0.2, 0.25) is 0 Å². The Morgan fingerprint density at radius 2 is 1.97 bits per heavy atom. The van der Waals surface area contributed by atoms with Gasteiger partial charge in [-0.05, 0) is 56.5 Å². The second kappa shape index (κ2) is 9.78. The van der Waals surface area contributed by atoms with Crippen LogP contribution < -0.4 is 10.6 Å². The minimum atomic E-state index is -0.432. The van der Waals surface area contributed by atoms with Gasteiger partial charge in [0.25, 0.3) is 11.8 Å². The van der Waals surface area contributed by atoms with Crippen LogP contribution in [-0.4, -0.2) is 46.6 Å². The molecule has 0 spiro atoms. The van der Waals surface area contributed by atoms with Crippen molar-refractivity contribution in [3.63, 3.8) is 0 Å². The van der Waals surface area contributed by atoms with Crippen molar-refractivity contribution in [2.45, 2.75) is 39.5 Å². The summed E-state index contributed by atoms with van der Waals surface area (Å²) in [4.78, 5) is 39.5. The summed E-state index contributed by atoms with van der Waals surface area (Å²) in [5.41, 5.74) is 3.85. The number of benzene rings is 1. The van der Waals surface area contributed by atoms with Crippen LogP contribution in [0.25, 0.3) is 11.6 Å². The number of fused-ring (bicyclic) bond motifs is 1. The number of aromatic amines is 1. The van der Waals surface area contributed by atoms with Gasteiger partial charge in [-0.2, -0.15) is 0 Å². The SMILES string of the molecule is Cc1[nH]c(/C=C2\C(=O)Nc3ccc(F)cc32)c(C)c1C(=O)NCCCCCC(=O)N(C)O. The van der Waals surface area contributed by atoms with Crippen LogP contribution in [0.3, 0.4) is 0 Å². The fourth-order valence-electron chi connectivity index (χ4n) is 3.74. The number of nitrogens with zero attached hydrogens (tertiary/aromatic N) is 1. The number of H-pyrrole nitrogens is 1. The molecule has 0 saturated carbocycles. The lowest BCUT2D eigenvalue weighted by molar-refractivity contribution is -0.159. The van der Waals surface area contributed by atoms with Gasteiger partial charge in [-0.25, -0.2) is 9.45 Å². The smallest absolute Gasteiger partial charge is 0.256 e. The maximum absolute atomic E-state index is 13.7. The number of aryl methyl sites for hydroxylation is 1. The van der Waals surface area contributed by atoms with Gasteiger partial charge in [0.15, 0.2) is 0 Å². The van der Waals surface area contributed by atoms with Gasteiger partial charge in [0.05, 0.1) is 11.1 Å². The fraction of sp³-hybridized carbons (Fsp3) is 0.348. The third-order valence-electron chi connectivity index (χ3n) is 5.47. The first-order chi connectivity index (χ1) is 15.2. The van der Waals surface area contributed by atoms with Crippen molar-refractivity contribution in [3.05, 3.63) is 52.1 Å². The van der Waals surface area contributed by atoms with Crippen LogP contribution in [0.4, 0.5) is 10.1 Å². The molecule has 2 heterocycles. The Morgan fingerprint density at radius 3 is 2.69 bits per heavy atom. The molecule has 32 heavy (non-hydrogen) atoms. The van der Waals surface area contributed by atoms with E-state index in [2.05, 4.69) is 15.6 Å². The molecule has 1 aliphatic heterocycles. The van der Waals surface area contributed by atoms with Crippen molar-refractivity contribution in [2.75, 3.05) is 18.9 Å². The molecule has 170 valence electrons. The number of amides is 3. The molecule has 0 fully saturated rings. The highest BCUT2D eigenvalue weighted by molar-refractivity contribution is 6.34. The number of carbonyl (C=O) groups excluding carboxylic acids is 3. The molecule has 0 saturated heterocycles. The molecule has 4 N–H and O–H groups in total. The van der Waals surface area contributed by atoms with Crippen molar-refractivity contribution in [2.24, 2.45) is 0 Å². The van der Waals surface area contributed by atoms with Gasteiger partial charge in [-0.1, -0.05) is 6.42 Å². The highest BCUT2D eigenvalue weighted by Gasteiger charge is 2.26. The average Bonchev–Trinajstić information content (AvgIpc) is 3.19. The summed E-state index contributed by atoms with van der Waals surface area (Å²) in [6.45, 7) is 4.03. The molecule has 0 bridgehead atoms. The first-order valence-corrected chi connectivity index (χ1v) is 10.4. The first-order valence-electron chi connectivity index (χ1n) is 10.4. The summed E-state index contributed by atoms with van der Waals surface area (Å²) in [5, 5.41) is 15.2. The van der Waals surface area contributed by atoms with Crippen molar-refractivity contribution in [1.29, 1.82) is 0 Å². The molecule has 3 amide bonds. The Labute approximate surface area is 185 Å². The quantitative estimate of drug-likeness (QED) is 0.217. The number of hydroxylamine groups is 2. The zero-order valence-corrected chi connectivity index (χ0v) is 18.3. The molecular weight excluding hydrogens is 415 g/mol. The number of unbranched alkanes of at least 4 members (excludes halogenated alkanes) is 2. The largest absolute Gasteiger partial charge is 0.358 e. The third kappa shape index (κ3) is 5.05. The van der Waals surface area contributed by atoms with E-state index in [0.29, 0.717) is 63.8 Å². The predicted octanol–water partition coefficient (Wildman–Crippen LogP) is 3.40.